The summed E-state index contributed by atoms with van der Waals surface area (Å²) in [7, 11) is -27.3. The van der Waals surface area contributed by atoms with Crippen LogP contribution in [0.25, 0.3) is 12.2 Å². The van der Waals surface area contributed by atoms with Gasteiger partial charge in [0.15, 0.2) is 31.3 Å². The van der Waals surface area contributed by atoms with Gasteiger partial charge < -0.3 is 21.3 Å². The molecule has 0 aliphatic heterocycles. The molecule has 0 unspecified atom stereocenters. The van der Waals surface area contributed by atoms with Gasteiger partial charge in [0.05, 0.1) is 47.2 Å². The fraction of sp³-hybridized carbons (Fsp3) is 0.250. The minimum Gasteiger partial charge on any atom is -0.367 e. The molecule has 0 aliphatic rings. The van der Waals surface area contributed by atoms with Gasteiger partial charge in [-0.2, -0.15) is 54.4 Å². The van der Waals surface area contributed by atoms with Crippen molar-refractivity contribution in [2.75, 3.05) is 72.2 Å². The lowest BCUT2D eigenvalue weighted by Gasteiger charge is -2.15. The van der Waals surface area contributed by atoms with E-state index in [1.807, 2.05) is 12.1 Å². The van der Waals surface area contributed by atoms with Crippen molar-refractivity contribution in [2.24, 2.45) is 20.5 Å². The third-order valence-electron chi connectivity index (χ3n) is 9.70. The highest BCUT2D eigenvalue weighted by atomic mass is 32.3. The molecular weight excluding hydrogens is 1130 g/mol. The van der Waals surface area contributed by atoms with E-state index in [-0.39, 0.29) is 106 Å². The molecule has 0 aliphatic carbocycles. The zero-order chi connectivity index (χ0) is 56.9. The summed E-state index contributed by atoms with van der Waals surface area (Å²) in [5.41, 5.74) is -1.44. The van der Waals surface area contributed by atoms with E-state index in [2.05, 4.69) is 73.2 Å². The quantitative estimate of drug-likeness (QED) is 0.0165. The molecule has 408 valence electrons. The Bertz CT molecular complexity index is 3560. The molecule has 0 saturated carbocycles. The van der Waals surface area contributed by atoms with Gasteiger partial charge in [0.2, 0.25) is 0 Å². The number of anilines is 4. The Morgan fingerprint density at radius 2 is 0.895 bits per heavy atom. The number of nitriles is 2. The second-order valence-electron chi connectivity index (χ2n) is 14.9. The number of nitrogens with zero attached hydrogens (tertiary/aromatic N) is 8. The Kier molecular flexibility index (Phi) is 20.6. The maximum Gasteiger partial charge on any atom is 0.397 e. The van der Waals surface area contributed by atoms with Crippen LogP contribution in [0, 0.1) is 36.5 Å². The fourth-order valence-electron chi connectivity index (χ4n) is 6.12. The average Bonchev–Trinajstić information content (AvgIpc) is 3.32. The molecule has 76 heavy (non-hydrogen) atoms. The highest BCUT2D eigenvalue weighted by Crippen LogP contribution is 2.37. The van der Waals surface area contributed by atoms with E-state index in [1.165, 1.54) is 26.0 Å². The first kappa shape index (κ1) is 61.3. The fourth-order valence-corrected chi connectivity index (χ4v) is 9.22. The van der Waals surface area contributed by atoms with Crippen molar-refractivity contribution in [2.45, 2.75) is 23.6 Å². The maximum absolute atomic E-state index is 12.7. The molecule has 0 amide bonds. The van der Waals surface area contributed by atoms with Gasteiger partial charge in [-0.05, 0) is 49.2 Å². The maximum atomic E-state index is 12.7. The number of rotatable bonds is 28. The molecule has 0 atom stereocenters. The first-order valence-corrected chi connectivity index (χ1v) is 29.9. The van der Waals surface area contributed by atoms with Crippen LogP contribution in [0.5, 0.6) is 0 Å². The predicted molar refractivity (Wildman–Crippen MR) is 274 cm³/mol. The van der Waals surface area contributed by atoms with Gasteiger partial charge in [-0.15, -0.1) is 10.2 Å². The van der Waals surface area contributed by atoms with E-state index in [0.717, 1.165) is 47.2 Å². The first-order chi connectivity index (χ1) is 35.3. The van der Waals surface area contributed by atoms with Crippen molar-refractivity contribution in [1.82, 2.24) is 9.97 Å². The Labute approximate surface area is 436 Å². The topological polar surface area (TPSA) is 475 Å². The zero-order valence-electron chi connectivity index (χ0n) is 39.4. The molecule has 0 spiro atoms. The van der Waals surface area contributed by atoms with Gasteiger partial charge in [-0.3, -0.25) is 18.2 Å². The first-order valence-electron chi connectivity index (χ1n) is 20.9. The molecule has 2 aromatic carbocycles. The summed E-state index contributed by atoms with van der Waals surface area (Å²) < 4.78 is 190. The largest absolute Gasteiger partial charge is 0.397 e. The molecule has 2 aromatic heterocycles. The molecule has 0 fully saturated rings. The minimum atomic E-state index is -5.10. The number of nitrogens with one attached hydrogen (secondary N) is 4. The van der Waals surface area contributed by atoms with Crippen LogP contribution in [-0.4, -0.2) is 130 Å². The summed E-state index contributed by atoms with van der Waals surface area (Å²) in [5, 5.41) is 48.5. The summed E-state index contributed by atoms with van der Waals surface area (Å²) in [6.07, 6.45) is 2.12. The average molecular weight is 1170 g/mol. The molecule has 0 saturated heterocycles. The van der Waals surface area contributed by atoms with Crippen LogP contribution in [0.2, 0.25) is 0 Å². The van der Waals surface area contributed by atoms with E-state index in [4.69, 9.17) is 9.11 Å². The van der Waals surface area contributed by atoms with Crippen LogP contribution < -0.4 is 21.3 Å². The Morgan fingerprint density at radius 3 is 1.20 bits per heavy atom. The van der Waals surface area contributed by atoms with E-state index in [0.29, 0.717) is 0 Å². The molecule has 0 bridgehead atoms. The van der Waals surface area contributed by atoms with Gasteiger partial charge in [0.1, 0.15) is 44.9 Å². The summed E-state index contributed by atoms with van der Waals surface area (Å²) in [5.74, 6) is -1.60. The van der Waals surface area contributed by atoms with Crippen molar-refractivity contribution < 1.29 is 77.1 Å². The number of sulfone groups is 2. The van der Waals surface area contributed by atoms with Crippen LogP contribution in [0.15, 0.2) is 90.6 Å². The van der Waals surface area contributed by atoms with E-state index in [9.17, 15) is 70.1 Å². The Morgan fingerprint density at radius 1 is 0.553 bits per heavy atom. The Balaban J connectivity index is 1.74. The predicted octanol–water partition coefficient (Wildman–Crippen LogP) is 4.73. The SMILES string of the molecule is C=CS(=O)(=O)CCNc1nc(NCCOS(=O)(=O)O)c(C#N)c(C)c1N=Nc1ccc(C=Cc2ccc(N=Nc3c(NCCS(=O)(=O)C=C)nc(NCCOS(=O)(=O)O)c(C#N)c3C)cc2S(=O)(=O)O)c(S(=O)(=O)O)c1. The number of benzene rings is 2. The smallest absolute Gasteiger partial charge is 0.367 e. The number of hydrogen-bond acceptors (Lipinski definition) is 26. The lowest BCUT2D eigenvalue weighted by atomic mass is 10.1. The molecule has 0 radical (unpaired) electrons. The van der Waals surface area contributed by atoms with Crippen LogP contribution in [0.1, 0.15) is 33.4 Å². The van der Waals surface area contributed by atoms with Crippen LogP contribution in [0.4, 0.5) is 46.0 Å². The number of azo groups is 2. The number of aromatic nitrogens is 2. The van der Waals surface area contributed by atoms with Crippen molar-refractivity contribution in [1.29, 1.82) is 10.5 Å². The molecule has 8 N–H and O–H groups in total. The van der Waals surface area contributed by atoms with Crippen LogP contribution in [-0.2, 0) is 69.1 Å². The standard InChI is InChI=1S/C40H44N12O18S6/c1-5-71(53,54)19-15-45-39-35(25(3)31(23-41)37(47-39)43-13-17-69-75(63,64)65)51-49-29-11-9-27(33(21-29)73(57,58)59)7-8-28-10-12-30(22-34(28)74(60,61)62)50-52-36-26(4)32(24-42)38(44-14-18-70-76(66,67)68)48-40(36)46-16-20-72(55,56)6-2/h5-12,21-22H,1-2,13-20H2,3-4H3,(H2,43,45,47)(H2,44,46,48)(H,57,58,59)(H,60,61,62)(H,63,64,65)(H,66,67,68). The third-order valence-corrected chi connectivity index (χ3v) is 15.0. The number of pyridine rings is 2. The van der Waals surface area contributed by atoms with Gasteiger partial charge in [-0.25, -0.2) is 35.2 Å². The van der Waals surface area contributed by atoms with Gasteiger partial charge in [0.25, 0.3) is 20.2 Å². The van der Waals surface area contributed by atoms with Crippen molar-refractivity contribution in [3.05, 3.63) is 93.8 Å². The van der Waals surface area contributed by atoms with Crippen LogP contribution >= 0.6 is 0 Å². The lowest BCUT2D eigenvalue weighted by Crippen LogP contribution is -2.17. The molecule has 36 heteroatoms. The molecule has 2 heterocycles. The monoisotopic (exact) mass is 1170 g/mol. The van der Waals surface area contributed by atoms with E-state index < -0.39 is 95.2 Å². The van der Waals surface area contributed by atoms with E-state index in [1.54, 1.807) is 0 Å². The summed E-state index contributed by atoms with van der Waals surface area (Å²) in [6, 6.07) is 10.2. The van der Waals surface area contributed by atoms with Crippen LogP contribution in [0.3, 0.4) is 0 Å². The minimum absolute atomic E-state index is 0.0789. The second kappa shape index (κ2) is 25.6. The van der Waals surface area contributed by atoms with Gasteiger partial charge in [0, 0.05) is 48.1 Å². The van der Waals surface area contributed by atoms with E-state index >= 15 is 0 Å². The Hall–Kier alpha value is -7.20. The molecule has 4 aromatic rings. The van der Waals surface area contributed by atoms with Crippen molar-refractivity contribution in [3.63, 3.8) is 0 Å². The summed E-state index contributed by atoms with van der Waals surface area (Å²) in [6.45, 7) is 6.91. The normalized spacial score (nSPS) is 12.6. The van der Waals surface area contributed by atoms with Gasteiger partial charge >= 0.3 is 20.8 Å². The summed E-state index contributed by atoms with van der Waals surface area (Å²) >= 11 is 0. The zero-order valence-corrected chi connectivity index (χ0v) is 44.3. The molecular formula is C40H44N12O18S6. The van der Waals surface area contributed by atoms with Crippen molar-refractivity contribution in [3.8, 4) is 12.1 Å². The summed E-state index contributed by atoms with van der Waals surface area (Å²) in [4.78, 5) is 6.95. The van der Waals surface area contributed by atoms with Gasteiger partial charge in [-0.1, -0.05) is 37.4 Å². The highest BCUT2D eigenvalue weighted by molar-refractivity contribution is 7.94. The highest BCUT2D eigenvalue weighted by Gasteiger charge is 2.22. The van der Waals surface area contributed by atoms with Crippen molar-refractivity contribution >= 4 is 119 Å². The third kappa shape index (κ3) is 18.3. The number of hydrogen-bond donors (Lipinski definition) is 8. The second-order valence-corrected chi connectivity index (χ2v) is 24.0. The molecule has 30 nitrogen and oxygen atoms in total. The molecule has 4 rings (SSSR count). The lowest BCUT2D eigenvalue weighted by molar-refractivity contribution is 0.277.